The Labute approximate surface area is 130 Å². The lowest BCUT2D eigenvalue weighted by atomic mass is 10.2. The van der Waals surface area contributed by atoms with Crippen LogP contribution in [0.3, 0.4) is 0 Å². The lowest BCUT2D eigenvalue weighted by Gasteiger charge is -2.07. The molecule has 0 fully saturated rings. The molecule has 2 aromatic heterocycles. The molecule has 0 saturated heterocycles. The fraction of sp³-hybridized carbons (Fsp3) is 0.385. The van der Waals surface area contributed by atoms with Crippen LogP contribution < -0.4 is 0 Å². The molecule has 0 aromatic carbocycles. The zero-order chi connectivity index (χ0) is 15.2. The molecule has 0 unspecified atom stereocenters. The number of nitrogens with zero attached hydrogens (tertiary/aromatic N) is 4. The minimum atomic E-state index is -0.500. The molecule has 0 bridgehead atoms. The second-order valence-electron chi connectivity index (χ2n) is 4.29. The molecule has 112 valence electrons. The van der Waals surface area contributed by atoms with Gasteiger partial charge in [0.1, 0.15) is 0 Å². The summed E-state index contributed by atoms with van der Waals surface area (Å²) >= 11 is 3.37. The SMILES string of the molecule is COCCc1c(C(=O)OC)nnn1Cc1cncc(Br)c1. The van der Waals surface area contributed by atoms with Crippen LogP contribution in [-0.2, 0) is 22.4 Å². The zero-order valence-electron chi connectivity index (χ0n) is 11.7. The van der Waals surface area contributed by atoms with E-state index in [4.69, 9.17) is 9.47 Å². The summed E-state index contributed by atoms with van der Waals surface area (Å²) in [4.78, 5) is 15.8. The van der Waals surface area contributed by atoms with Gasteiger partial charge < -0.3 is 9.47 Å². The molecule has 0 atom stereocenters. The molecule has 2 heterocycles. The molecule has 0 saturated carbocycles. The molecule has 0 N–H and O–H groups in total. The Morgan fingerprint density at radius 2 is 2.19 bits per heavy atom. The van der Waals surface area contributed by atoms with Crippen LogP contribution in [0.1, 0.15) is 21.7 Å². The number of halogens is 1. The summed E-state index contributed by atoms with van der Waals surface area (Å²) in [5, 5.41) is 7.94. The number of carbonyl (C=O) groups is 1. The Morgan fingerprint density at radius 3 is 2.86 bits per heavy atom. The molecule has 0 radical (unpaired) electrons. The maximum Gasteiger partial charge on any atom is 0.360 e. The van der Waals surface area contributed by atoms with Crippen molar-refractivity contribution in [3.8, 4) is 0 Å². The summed E-state index contributed by atoms with van der Waals surface area (Å²) in [5.74, 6) is -0.500. The van der Waals surface area contributed by atoms with Gasteiger partial charge in [0.25, 0.3) is 0 Å². The molecule has 0 aliphatic carbocycles. The largest absolute Gasteiger partial charge is 0.464 e. The highest BCUT2D eigenvalue weighted by atomic mass is 79.9. The topological polar surface area (TPSA) is 79.1 Å². The Bertz CT molecular complexity index is 630. The molecule has 0 aliphatic rings. The van der Waals surface area contributed by atoms with Crippen molar-refractivity contribution in [3.63, 3.8) is 0 Å². The highest BCUT2D eigenvalue weighted by Gasteiger charge is 2.20. The lowest BCUT2D eigenvalue weighted by Crippen LogP contribution is -2.12. The highest BCUT2D eigenvalue weighted by Crippen LogP contribution is 2.14. The molecule has 7 nitrogen and oxygen atoms in total. The maximum atomic E-state index is 11.7. The molecule has 21 heavy (non-hydrogen) atoms. The van der Waals surface area contributed by atoms with Crippen molar-refractivity contribution in [2.75, 3.05) is 20.8 Å². The second-order valence-corrected chi connectivity index (χ2v) is 5.20. The zero-order valence-corrected chi connectivity index (χ0v) is 13.3. The highest BCUT2D eigenvalue weighted by molar-refractivity contribution is 9.10. The number of ether oxygens (including phenoxy) is 2. The van der Waals surface area contributed by atoms with E-state index in [-0.39, 0.29) is 5.69 Å². The van der Waals surface area contributed by atoms with Crippen LogP contribution in [0.25, 0.3) is 0 Å². The van der Waals surface area contributed by atoms with Crippen LogP contribution in [0.5, 0.6) is 0 Å². The minimum absolute atomic E-state index is 0.220. The van der Waals surface area contributed by atoms with E-state index in [0.29, 0.717) is 25.3 Å². The molecule has 2 aromatic rings. The van der Waals surface area contributed by atoms with E-state index in [1.165, 1.54) is 7.11 Å². The Hall–Kier alpha value is -1.80. The Balaban J connectivity index is 2.29. The predicted molar refractivity (Wildman–Crippen MR) is 78.0 cm³/mol. The van der Waals surface area contributed by atoms with Crippen molar-refractivity contribution in [2.24, 2.45) is 0 Å². The normalized spacial score (nSPS) is 10.6. The van der Waals surface area contributed by atoms with Crippen LogP contribution in [0.2, 0.25) is 0 Å². The molecular formula is C13H15BrN4O3. The van der Waals surface area contributed by atoms with Crippen molar-refractivity contribution >= 4 is 21.9 Å². The van der Waals surface area contributed by atoms with E-state index in [1.54, 1.807) is 24.2 Å². The summed E-state index contributed by atoms with van der Waals surface area (Å²) in [6.45, 7) is 0.934. The molecule has 0 amide bonds. The number of pyridine rings is 1. The van der Waals surface area contributed by atoms with Crippen molar-refractivity contribution in [1.29, 1.82) is 0 Å². The Kier molecular flexibility index (Phi) is 5.40. The summed E-state index contributed by atoms with van der Waals surface area (Å²) in [6.07, 6.45) is 3.97. The van der Waals surface area contributed by atoms with Gasteiger partial charge in [0, 0.05) is 30.4 Å². The van der Waals surface area contributed by atoms with Crippen molar-refractivity contribution in [1.82, 2.24) is 20.0 Å². The number of esters is 1. The summed E-state index contributed by atoms with van der Waals surface area (Å²) in [6, 6.07) is 1.94. The maximum absolute atomic E-state index is 11.7. The van der Waals surface area contributed by atoms with Gasteiger partial charge in [-0.1, -0.05) is 5.21 Å². The smallest absolute Gasteiger partial charge is 0.360 e. The average molecular weight is 355 g/mol. The van der Waals surface area contributed by atoms with E-state index in [2.05, 4.69) is 31.2 Å². The van der Waals surface area contributed by atoms with Crippen LogP contribution in [-0.4, -0.2) is 46.8 Å². The van der Waals surface area contributed by atoms with E-state index in [1.807, 2.05) is 6.07 Å². The summed E-state index contributed by atoms with van der Waals surface area (Å²) in [5.41, 5.74) is 1.85. The van der Waals surface area contributed by atoms with Crippen LogP contribution >= 0.6 is 15.9 Å². The van der Waals surface area contributed by atoms with Gasteiger partial charge in [-0.05, 0) is 27.6 Å². The number of hydrogen-bond donors (Lipinski definition) is 0. The van der Waals surface area contributed by atoms with Gasteiger partial charge in [0.05, 0.1) is 26.0 Å². The fourth-order valence-electron chi connectivity index (χ4n) is 1.88. The Morgan fingerprint density at radius 1 is 1.38 bits per heavy atom. The third-order valence-corrected chi connectivity index (χ3v) is 3.29. The van der Waals surface area contributed by atoms with Crippen molar-refractivity contribution in [3.05, 3.63) is 39.9 Å². The first-order valence-corrected chi connectivity index (χ1v) is 7.04. The first-order chi connectivity index (χ1) is 10.2. The quantitative estimate of drug-likeness (QED) is 0.730. The minimum Gasteiger partial charge on any atom is -0.464 e. The fourth-order valence-corrected chi connectivity index (χ4v) is 2.29. The third kappa shape index (κ3) is 3.85. The first kappa shape index (κ1) is 15.6. The molecule has 0 aliphatic heterocycles. The number of carbonyl (C=O) groups excluding carboxylic acids is 1. The van der Waals surface area contributed by atoms with Crippen LogP contribution in [0.4, 0.5) is 0 Å². The van der Waals surface area contributed by atoms with E-state index in [0.717, 1.165) is 10.0 Å². The van der Waals surface area contributed by atoms with Gasteiger partial charge >= 0.3 is 5.97 Å². The molecule has 8 heteroatoms. The second kappa shape index (κ2) is 7.28. The number of aromatic nitrogens is 4. The van der Waals surface area contributed by atoms with E-state index >= 15 is 0 Å². The number of rotatable bonds is 6. The third-order valence-electron chi connectivity index (χ3n) is 2.85. The van der Waals surface area contributed by atoms with Crippen molar-refractivity contribution in [2.45, 2.75) is 13.0 Å². The molecule has 0 spiro atoms. The standard InChI is InChI=1S/C13H15BrN4O3/c1-20-4-3-11-12(13(19)21-2)16-17-18(11)8-9-5-10(14)7-15-6-9/h5-7H,3-4,8H2,1-2H3. The van der Waals surface area contributed by atoms with Gasteiger partial charge in [-0.15, -0.1) is 5.10 Å². The lowest BCUT2D eigenvalue weighted by molar-refractivity contribution is 0.0592. The van der Waals surface area contributed by atoms with Gasteiger partial charge in [-0.25, -0.2) is 9.48 Å². The predicted octanol–water partition coefficient (Wildman–Crippen LogP) is 1.46. The number of methoxy groups -OCH3 is 2. The van der Waals surface area contributed by atoms with Gasteiger partial charge in [-0.3, -0.25) is 4.98 Å². The number of hydrogen-bond acceptors (Lipinski definition) is 6. The first-order valence-electron chi connectivity index (χ1n) is 6.24. The summed E-state index contributed by atoms with van der Waals surface area (Å²) in [7, 11) is 2.92. The van der Waals surface area contributed by atoms with E-state index in [9.17, 15) is 4.79 Å². The van der Waals surface area contributed by atoms with Gasteiger partial charge in [-0.2, -0.15) is 0 Å². The van der Waals surface area contributed by atoms with Crippen molar-refractivity contribution < 1.29 is 14.3 Å². The average Bonchev–Trinajstić information content (AvgIpc) is 2.87. The van der Waals surface area contributed by atoms with Gasteiger partial charge in [0.2, 0.25) is 0 Å². The monoisotopic (exact) mass is 354 g/mol. The van der Waals surface area contributed by atoms with Crippen LogP contribution in [0.15, 0.2) is 22.9 Å². The summed E-state index contributed by atoms with van der Waals surface area (Å²) < 4.78 is 12.3. The van der Waals surface area contributed by atoms with Gasteiger partial charge in [0.15, 0.2) is 5.69 Å². The molecular weight excluding hydrogens is 340 g/mol. The van der Waals surface area contributed by atoms with E-state index < -0.39 is 5.97 Å². The van der Waals surface area contributed by atoms with Crippen LogP contribution in [0, 0.1) is 0 Å². The molecule has 2 rings (SSSR count).